The molecule has 1 aromatic rings. The summed E-state index contributed by atoms with van der Waals surface area (Å²) in [5.41, 5.74) is 0.953. The van der Waals surface area contributed by atoms with Crippen LogP contribution in [0.3, 0.4) is 0 Å². The predicted molar refractivity (Wildman–Crippen MR) is 88.9 cm³/mol. The molecule has 5 nitrogen and oxygen atoms in total. The number of pyridine rings is 1. The fourth-order valence-corrected chi connectivity index (χ4v) is 3.49. The van der Waals surface area contributed by atoms with Crippen molar-refractivity contribution in [1.29, 1.82) is 0 Å². The lowest BCUT2D eigenvalue weighted by Crippen LogP contribution is -2.47. The maximum absolute atomic E-state index is 13.1. The molecular formula is C18H27N3O2. The van der Waals surface area contributed by atoms with Crippen LogP contribution in [0.5, 0.6) is 0 Å². The molecule has 0 saturated carbocycles. The molecule has 23 heavy (non-hydrogen) atoms. The predicted octanol–water partition coefficient (Wildman–Crippen LogP) is 2.12. The third-order valence-corrected chi connectivity index (χ3v) is 4.78. The molecule has 5 heteroatoms. The molecule has 1 aromatic heterocycles. The van der Waals surface area contributed by atoms with Gasteiger partial charge < -0.3 is 15.0 Å². The van der Waals surface area contributed by atoms with E-state index in [0.717, 1.165) is 57.3 Å². The molecule has 3 heterocycles. The molecule has 1 amide bonds. The van der Waals surface area contributed by atoms with Gasteiger partial charge in [-0.05, 0) is 63.7 Å². The fourth-order valence-electron chi connectivity index (χ4n) is 3.49. The van der Waals surface area contributed by atoms with Crippen LogP contribution < -0.4 is 5.32 Å². The van der Waals surface area contributed by atoms with E-state index in [1.807, 2.05) is 23.1 Å². The highest BCUT2D eigenvalue weighted by molar-refractivity contribution is 5.81. The Bertz CT molecular complexity index is 480. The van der Waals surface area contributed by atoms with Gasteiger partial charge in [-0.25, -0.2) is 0 Å². The van der Waals surface area contributed by atoms with E-state index in [0.29, 0.717) is 13.2 Å². The smallest absolute Gasteiger partial charge is 0.252 e. The van der Waals surface area contributed by atoms with E-state index in [9.17, 15) is 4.79 Å². The summed E-state index contributed by atoms with van der Waals surface area (Å²) in [6.07, 6.45) is 7.71. The second-order valence-corrected chi connectivity index (χ2v) is 6.48. The SMILES string of the molecule is O=C(C1CCCCO1)N(Cc1ccccn1)C1CCCNCC1. The molecule has 2 atom stereocenters. The fraction of sp³-hybridized carbons (Fsp3) is 0.667. The second-order valence-electron chi connectivity index (χ2n) is 6.48. The Morgan fingerprint density at radius 1 is 1.22 bits per heavy atom. The first kappa shape index (κ1) is 16.4. The van der Waals surface area contributed by atoms with Crippen LogP contribution in [0.25, 0.3) is 0 Å². The van der Waals surface area contributed by atoms with Gasteiger partial charge in [0.05, 0.1) is 12.2 Å². The van der Waals surface area contributed by atoms with Gasteiger partial charge in [0, 0.05) is 18.8 Å². The van der Waals surface area contributed by atoms with E-state index < -0.39 is 0 Å². The van der Waals surface area contributed by atoms with E-state index >= 15 is 0 Å². The van der Waals surface area contributed by atoms with Crippen LogP contribution in [0.15, 0.2) is 24.4 Å². The number of hydrogen-bond acceptors (Lipinski definition) is 4. The Kier molecular flexibility index (Phi) is 6.00. The maximum Gasteiger partial charge on any atom is 0.252 e. The summed E-state index contributed by atoms with van der Waals surface area (Å²) >= 11 is 0. The summed E-state index contributed by atoms with van der Waals surface area (Å²) < 4.78 is 5.75. The number of rotatable bonds is 4. The van der Waals surface area contributed by atoms with Crippen LogP contribution in [0.2, 0.25) is 0 Å². The van der Waals surface area contributed by atoms with Crippen LogP contribution in [0.1, 0.15) is 44.2 Å². The molecule has 126 valence electrons. The first-order chi connectivity index (χ1) is 11.3. The average molecular weight is 317 g/mol. The van der Waals surface area contributed by atoms with Gasteiger partial charge in [0.2, 0.25) is 0 Å². The van der Waals surface area contributed by atoms with Gasteiger partial charge in [-0.2, -0.15) is 0 Å². The molecule has 0 bridgehead atoms. The molecule has 0 radical (unpaired) electrons. The number of carbonyl (C=O) groups excluding carboxylic acids is 1. The number of hydrogen-bond donors (Lipinski definition) is 1. The third kappa shape index (κ3) is 4.52. The van der Waals surface area contributed by atoms with E-state index in [2.05, 4.69) is 10.3 Å². The van der Waals surface area contributed by atoms with Crippen molar-refractivity contribution in [3.8, 4) is 0 Å². The molecule has 2 aliphatic rings. The molecule has 0 spiro atoms. The Hall–Kier alpha value is -1.46. The Morgan fingerprint density at radius 3 is 2.96 bits per heavy atom. The van der Waals surface area contributed by atoms with Gasteiger partial charge in [-0.3, -0.25) is 9.78 Å². The van der Waals surface area contributed by atoms with Gasteiger partial charge in [0.1, 0.15) is 6.10 Å². The summed E-state index contributed by atoms with van der Waals surface area (Å²) in [6, 6.07) is 6.17. The van der Waals surface area contributed by atoms with Gasteiger partial charge in [-0.15, -0.1) is 0 Å². The average Bonchev–Trinajstić information content (AvgIpc) is 2.90. The highest BCUT2D eigenvalue weighted by atomic mass is 16.5. The number of carbonyl (C=O) groups is 1. The minimum absolute atomic E-state index is 0.155. The quantitative estimate of drug-likeness (QED) is 0.924. The Balaban J connectivity index is 1.75. The zero-order valence-corrected chi connectivity index (χ0v) is 13.7. The normalized spacial score (nSPS) is 25.6. The Labute approximate surface area is 138 Å². The topological polar surface area (TPSA) is 54.5 Å². The lowest BCUT2D eigenvalue weighted by molar-refractivity contribution is -0.150. The number of amides is 1. The maximum atomic E-state index is 13.1. The summed E-state index contributed by atoms with van der Waals surface area (Å²) in [7, 11) is 0. The van der Waals surface area contributed by atoms with Crippen molar-refractivity contribution in [1.82, 2.24) is 15.2 Å². The van der Waals surface area contributed by atoms with Gasteiger partial charge in [0.25, 0.3) is 5.91 Å². The van der Waals surface area contributed by atoms with Crippen LogP contribution >= 0.6 is 0 Å². The van der Waals surface area contributed by atoms with Crippen molar-refractivity contribution in [2.24, 2.45) is 0 Å². The van der Waals surface area contributed by atoms with Crippen LogP contribution in [-0.2, 0) is 16.1 Å². The van der Waals surface area contributed by atoms with Crippen LogP contribution in [-0.4, -0.2) is 47.6 Å². The molecule has 2 saturated heterocycles. The second kappa shape index (κ2) is 8.41. The molecule has 2 unspecified atom stereocenters. The largest absolute Gasteiger partial charge is 0.368 e. The third-order valence-electron chi connectivity index (χ3n) is 4.78. The van der Waals surface area contributed by atoms with Crippen molar-refractivity contribution < 1.29 is 9.53 Å². The van der Waals surface area contributed by atoms with Crippen LogP contribution in [0.4, 0.5) is 0 Å². The lowest BCUT2D eigenvalue weighted by Gasteiger charge is -2.35. The van der Waals surface area contributed by atoms with Crippen molar-refractivity contribution in [3.05, 3.63) is 30.1 Å². The minimum atomic E-state index is -0.260. The molecule has 1 N–H and O–H groups in total. The zero-order valence-electron chi connectivity index (χ0n) is 13.7. The van der Waals surface area contributed by atoms with Crippen molar-refractivity contribution >= 4 is 5.91 Å². The summed E-state index contributed by atoms with van der Waals surface area (Å²) in [5.74, 6) is 0.155. The van der Waals surface area contributed by atoms with E-state index in [1.54, 1.807) is 6.20 Å². The van der Waals surface area contributed by atoms with Gasteiger partial charge in [0.15, 0.2) is 0 Å². The van der Waals surface area contributed by atoms with Crippen molar-refractivity contribution in [2.45, 2.75) is 57.2 Å². The molecule has 0 aromatic carbocycles. The number of nitrogens with one attached hydrogen (secondary N) is 1. The number of aromatic nitrogens is 1. The van der Waals surface area contributed by atoms with Crippen molar-refractivity contribution in [3.63, 3.8) is 0 Å². The molecule has 3 rings (SSSR count). The standard InChI is InChI=1S/C18H27N3O2/c22-18(17-8-2-4-13-23-17)21(14-15-6-1-3-11-20-15)16-7-5-10-19-12-9-16/h1,3,6,11,16-17,19H,2,4-5,7-10,12-14H2. The summed E-state index contributed by atoms with van der Waals surface area (Å²) in [4.78, 5) is 19.5. The monoisotopic (exact) mass is 317 g/mol. The Morgan fingerprint density at radius 2 is 2.17 bits per heavy atom. The van der Waals surface area contributed by atoms with E-state index in [-0.39, 0.29) is 18.1 Å². The first-order valence-corrected chi connectivity index (χ1v) is 8.87. The van der Waals surface area contributed by atoms with Gasteiger partial charge >= 0.3 is 0 Å². The molecule has 2 aliphatic heterocycles. The molecule has 2 fully saturated rings. The van der Waals surface area contributed by atoms with E-state index in [4.69, 9.17) is 4.74 Å². The highest BCUT2D eigenvalue weighted by Crippen LogP contribution is 2.22. The van der Waals surface area contributed by atoms with Crippen molar-refractivity contribution in [2.75, 3.05) is 19.7 Å². The van der Waals surface area contributed by atoms with E-state index in [1.165, 1.54) is 0 Å². The van der Waals surface area contributed by atoms with Crippen LogP contribution in [0, 0.1) is 0 Å². The highest BCUT2D eigenvalue weighted by Gasteiger charge is 2.31. The number of ether oxygens (including phenoxy) is 1. The van der Waals surface area contributed by atoms with Gasteiger partial charge in [-0.1, -0.05) is 6.07 Å². The summed E-state index contributed by atoms with van der Waals surface area (Å²) in [6.45, 7) is 3.31. The number of nitrogens with zero attached hydrogens (tertiary/aromatic N) is 2. The lowest BCUT2D eigenvalue weighted by atomic mass is 10.0. The first-order valence-electron chi connectivity index (χ1n) is 8.87. The summed E-state index contributed by atoms with van der Waals surface area (Å²) in [5, 5.41) is 3.43. The minimum Gasteiger partial charge on any atom is -0.368 e. The molecular weight excluding hydrogens is 290 g/mol. The molecule has 0 aliphatic carbocycles. The zero-order chi connectivity index (χ0) is 15.9.